The molecule has 0 radical (unpaired) electrons. The molecule has 1 fully saturated rings. The molecule has 0 bridgehead atoms. The predicted octanol–water partition coefficient (Wildman–Crippen LogP) is -13.4. The zero-order chi connectivity index (χ0) is 40.6. The SMILES string of the molecule is CC(C)(COP(=O)(O)OP(=O)(O)OC[C@H]1O[C@@H](n2cnc3c(N)ncnc32)[C@H](O)[C@@H]1OP(=O)(O)O)C(O)C(=O)NCCC(=O)NCCSC(=O)CC(=O)O.[H-].[H-].[H-].[H-].[Li+].[Li+].[Li+].[Li+]. The fourth-order valence-corrected chi connectivity index (χ4v) is 7.96. The number of carbonyl (C=O) groups excluding carboxylic acids is 3. The van der Waals surface area contributed by atoms with Gasteiger partial charge >= 0.3 is 105 Å². The Kier molecular flexibility index (Phi) is 26.2. The minimum absolute atomic E-state index is 0. The van der Waals surface area contributed by atoms with Gasteiger partial charge in [0.1, 0.15) is 42.7 Å². The van der Waals surface area contributed by atoms with Gasteiger partial charge in [0.25, 0.3) is 0 Å². The Morgan fingerprint density at radius 3 is 2.24 bits per heavy atom. The number of hydrogen-bond acceptors (Lipinski definition) is 19. The van der Waals surface area contributed by atoms with Crippen LogP contribution in [-0.2, 0) is 55.5 Å². The van der Waals surface area contributed by atoms with Crippen molar-refractivity contribution in [2.45, 2.75) is 57.3 Å². The van der Waals surface area contributed by atoms with Crippen LogP contribution in [0.15, 0.2) is 12.7 Å². The first kappa shape index (κ1) is 59.5. The summed E-state index contributed by atoms with van der Waals surface area (Å²) >= 11 is 0.718. The summed E-state index contributed by atoms with van der Waals surface area (Å²) in [7, 11) is -16.4. The first-order valence-electron chi connectivity index (χ1n) is 15.2. The summed E-state index contributed by atoms with van der Waals surface area (Å²) in [4.78, 5) is 97.0. The molecule has 34 heteroatoms. The maximum absolute atomic E-state index is 12.6. The number of aliphatic hydroxyl groups excluding tert-OH is 2. The van der Waals surface area contributed by atoms with Crippen LogP contribution in [0, 0.1) is 5.41 Å². The van der Waals surface area contributed by atoms with E-state index in [0.717, 1.165) is 29.0 Å². The summed E-state index contributed by atoms with van der Waals surface area (Å²) in [6.07, 6.45) is -7.78. The number of hydrogen-bond donors (Lipinski definition) is 10. The van der Waals surface area contributed by atoms with Crippen LogP contribution >= 0.6 is 35.2 Å². The van der Waals surface area contributed by atoms with Gasteiger partial charge in [-0.05, 0) is 0 Å². The fourth-order valence-electron chi connectivity index (χ4n) is 4.47. The number of amides is 2. The van der Waals surface area contributed by atoms with Crippen LogP contribution in [0.25, 0.3) is 11.2 Å². The Labute approximate surface area is 387 Å². The number of nitrogen functional groups attached to an aromatic ring is 1. The monoisotopic (exact) mass is 885 g/mol. The normalized spacial score (nSPS) is 20.4. The van der Waals surface area contributed by atoms with Gasteiger partial charge in [-0.2, -0.15) is 4.31 Å². The quantitative estimate of drug-likeness (QED) is 0.0241. The summed E-state index contributed by atoms with van der Waals surface area (Å²) in [6.45, 7) is 0.132. The van der Waals surface area contributed by atoms with Crippen molar-refractivity contribution in [3.05, 3.63) is 12.7 Å². The van der Waals surface area contributed by atoms with Gasteiger partial charge in [-0.1, -0.05) is 25.6 Å². The van der Waals surface area contributed by atoms with Crippen molar-refractivity contribution in [2.24, 2.45) is 5.41 Å². The van der Waals surface area contributed by atoms with Crippen LogP contribution in [0.2, 0.25) is 0 Å². The number of carboxylic acid groups (broad SMARTS) is 1. The maximum atomic E-state index is 12.6. The van der Waals surface area contributed by atoms with Gasteiger partial charge < -0.3 is 61.7 Å². The minimum Gasteiger partial charge on any atom is -1.00 e. The van der Waals surface area contributed by atoms with Gasteiger partial charge in [0.15, 0.2) is 22.8 Å². The number of aliphatic carboxylic acids is 1. The van der Waals surface area contributed by atoms with Crippen molar-refractivity contribution in [3.8, 4) is 0 Å². The van der Waals surface area contributed by atoms with Gasteiger partial charge in [0.05, 0.1) is 19.5 Å². The molecule has 2 aromatic rings. The molecule has 1 saturated heterocycles. The van der Waals surface area contributed by atoms with Gasteiger partial charge in [0.2, 0.25) is 11.8 Å². The molecule has 3 rings (SSSR count). The second-order valence-corrected chi connectivity index (χ2v) is 17.2. The van der Waals surface area contributed by atoms with E-state index in [9.17, 15) is 62.7 Å². The minimum atomic E-state index is -5.59. The molecular weight excluding hydrogens is 843 g/mol. The number of rotatable bonds is 21. The van der Waals surface area contributed by atoms with Crippen LogP contribution in [0.5, 0.6) is 0 Å². The topological polar surface area (TPSA) is 401 Å². The number of nitrogens with one attached hydrogen (secondary N) is 2. The first-order valence-corrected chi connectivity index (χ1v) is 20.7. The second-order valence-electron chi connectivity index (χ2n) is 11.9. The van der Waals surface area contributed by atoms with E-state index in [2.05, 4.69) is 34.4 Å². The third-order valence-corrected chi connectivity index (χ3v) is 11.0. The standard InChI is InChI=1S/C24H38N7O19P3S.4Li.4H/c1-24(2,19(37)22(38)27-4-3-13(32)26-5-6-54-15(35)7-14(33)34)9-47-53(44,45)50-52(42,43)46-8-12-18(49-51(39,40)41)17(36)23(48-12)31-11-30-16-20(25)28-10-29-21(16)31;;;;;;;;/h10-12,17-19,23,36-37H,3-9H2,1-2H3,(H,26,32)(H,27,38)(H,33,34)(H,42,43)(H,44,45)(H2,25,28,29)(H2,39,40,41);;;;;;;;/q;4*+1;4*-1/t12-,17-,18-,19?,23-;;;;;;;;/m1......../s1. The molecule has 0 aliphatic carbocycles. The molecule has 26 nitrogen and oxygen atoms in total. The number of aliphatic hydroxyl groups is 2. The number of carboxylic acids is 1. The molecule has 2 aromatic heterocycles. The number of thioether (sulfide) groups is 1. The van der Waals surface area contributed by atoms with Crippen molar-refractivity contribution in [2.75, 3.05) is 37.8 Å². The summed E-state index contributed by atoms with van der Waals surface area (Å²) in [5.41, 5.74) is 4.19. The summed E-state index contributed by atoms with van der Waals surface area (Å²) < 4.78 is 61.8. The number of anilines is 1. The smallest absolute Gasteiger partial charge is 1.00 e. The van der Waals surface area contributed by atoms with Crippen LogP contribution in [-0.4, -0.2) is 134 Å². The second kappa shape index (κ2) is 25.5. The van der Waals surface area contributed by atoms with Gasteiger partial charge in [0, 0.05) is 30.7 Å². The Morgan fingerprint density at radius 1 is 1.02 bits per heavy atom. The zero-order valence-electron chi connectivity index (χ0n) is 36.1. The number of phosphoric acid groups is 3. The third kappa shape index (κ3) is 18.8. The van der Waals surface area contributed by atoms with Crippen molar-refractivity contribution in [3.63, 3.8) is 0 Å². The number of carbonyl (C=O) groups is 4. The van der Waals surface area contributed by atoms with Crippen molar-refractivity contribution < 1.29 is 172 Å². The number of fused-ring (bicyclic) bond motifs is 1. The molecule has 7 atom stereocenters. The Balaban J connectivity index is -0.000000980. The van der Waals surface area contributed by atoms with E-state index in [1.807, 2.05) is 0 Å². The summed E-state index contributed by atoms with van der Waals surface area (Å²) in [5, 5.41) is 34.0. The Morgan fingerprint density at radius 2 is 1.64 bits per heavy atom. The van der Waals surface area contributed by atoms with E-state index in [4.69, 9.17) is 24.6 Å². The van der Waals surface area contributed by atoms with E-state index in [-0.39, 0.29) is 123 Å². The maximum Gasteiger partial charge on any atom is 1.00 e. The molecule has 3 heterocycles. The molecule has 2 amide bonds. The van der Waals surface area contributed by atoms with Crippen LogP contribution in [0.3, 0.4) is 0 Å². The Hall–Kier alpha value is -0.580. The van der Waals surface area contributed by atoms with E-state index in [0.29, 0.717) is 0 Å². The number of ether oxygens (including phenoxy) is 1. The average molecular weight is 885 g/mol. The fraction of sp³-hybridized carbons (Fsp3) is 0.625. The number of imidazole rings is 1. The molecule has 3 unspecified atom stereocenters. The number of nitrogens with two attached hydrogens (primary N) is 1. The summed E-state index contributed by atoms with van der Waals surface area (Å²) in [6, 6.07) is 0. The number of phosphoric ester groups is 3. The van der Waals surface area contributed by atoms with Crippen LogP contribution in [0.1, 0.15) is 38.6 Å². The first-order chi connectivity index (χ1) is 24.9. The summed E-state index contributed by atoms with van der Waals surface area (Å²) in [5.74, 6) is -2.80. The molecule has 11 N–H and O–H groups in total. The van der Waals surface area contributed by atoms with Gasteiger partial charge in [-0.25, -0.2) is 28.6 Å². The van der Waals surface area contributed by atoms with Crippen molar-refractivity contribution in [1.29, 1.82) is 0 Å². The van der Waals surface area contributed by atoms with Crippen LogP contribution < -0.4 is 91.8 Å². The zero-order valence-corrected chi connectivity index (χ0v) is 35.6. The predicted molar refractivity (Wildman–Crippen MR) is 184 cm³/mol. The number of nitrogens with zero attached hydrogens (tertiary/aromatic N) is 4. The van der Waals surface area contributed by atoms with E-state index >= 15 is 0 Å². The third-order valence-electron chi connectivity index (χ3n) is 7.06. The average Bonchev–Trinajstić information content (AvgIpc) is 3.60. The van der Waals surface area contributed by atoms with Gasteiger partial charge in [-0.15, -0.1) is 0 Å². The number of aromatic nitrogens is 4. The van der Waals surface area contributed by atoms with Gasteiger partial charge in [-0.3, -0.25) is 37.3 Å². The molecule has 0 saturated carbocycles. The molecular formula is C24H42Li4N7O19P3S. The molecule has 1 aliphatic rings. The van der Waals surface area contributed by atoms with E-state index in [1.54, 1.807) is 0 Å². The van der Waals surface area contributed by atoms with E-state index < -0.39 is 102 Å². The largest absolute Gasteiger partial charge is 1.00 e. The molecule has 58 heavy (non-hydrogen) atoms. The van der Waals surface area contributed by atoms with E-state index in [1.165, 1.54) is 13.8 Å². The van der Waals surface area contributed by atoms with Crippen molar-refractivity contribution in [1.82, 2.24) is 30.2 Å². The molecule has 0 aromatic carbocycles. The molecule has 1 aliphatic heterocycles. The van der Waals surface area contributed by atoms with Crippen LogP contribution in [0.4, 0.5) is 5.82 Å². The Bertz CT molecular complexity index is 1870. The van der Waals surface area contributed by atoms with Crippen molar-refractivity contribution >= 4 is 75.1 Å². The molecule has 0 spiro atoms. The molecule has 312 valence electrons.